The molecule has 0 bridgehead atoms. The smallest absolute Gasteiger partial charge is 0.261 e. The first-order valence-corrected chi connectivity index (χ1v) is 11.6. The van der Waals surface area contributed by atoms with E-state index in [1.165, 1.54) is 12.1 Å². The number of nitrogens with zero attached hydrogens (tertiary/aromatic N) is 1. The number of carbonyl (C=O) groups excluding carboxylic acids is 1. The summed E-state index contributed by atoms with van der Waals surface area (Å²) >= 11 is 0. The number of hydrogen-bond acceptors (Lipinski definition) is 5. The van der Waals surface area contributed by atoms with Crippen LogP contribution >= 0.6 is 0 Å². The van der Waals surface area contributed by atoms with E-state index in [2.05, 4.69) is 14.9 Å². The number of benzene rings is 2. The highest BCUT2D eigenvalue weighted by Crippen LogP contribution is 2.18. The standard InChI is InChI=1S/C22H29N3O4S/c1-16-7-9-20(10-8-16)24-30(27,28)21-6-4-5-19(13-21)22(26)23-11-12-25-14-17(2)29-18(3)15-25/h4-10,13,17-18,24H,11-12,14-15H2,1-3H3,(H,23,26)/t17-,18-/m0/s1. The summed E-state index contributed by atoms with van der Waals surface area (Å²) in [5, 5.41) is 2.87. The molecule has 0 aromatic heterocycles. The molecule has 162 valence electrons. The molecule has 0 aliphatic carbocycles. The normalized spacial score (nSPS) is 20.0. The Morgan fingerprint density at radius 2 is 1.77 bits per heavy atom. The van der Waals surface area contributed by atoms with Crippen LogP contribution in [0.2, 0.25) is 0 Å². The molecule has 2 atom stereocenters. The van der Waals surface area contributed by atoms with E-state index in [0.29, 0.717) is 17.8 Å². The van der Waals surface area contributed by atoms with E-state index >= 15 is 0 Å². The number of hydrogen-bond donors (Lipinski definition) is 2. The van der Waals surface area contributed by atoms with E-state index in [1.807, 2.05) is 32.9 Å². The molecule has 1 aliphatic heterocycles. The summed E-state index contributed by atoms with van der Waals surface area (Å²) in [6, 6.07) is 13.1. The van der Waals surface area contributed by atoms with E-state index in [-0.39, 0.29) is 23.0 Å². The molecule has 3 rings (SSSR count). The molecular weight excluding hydrogens is 402 g/mol. The van der Waals surface area contributed by atoms with Crippen LogP contribution in [0, 0.1) is 6.92 Å². The molecule has 1 aliphatic rings. The van der Waals surface area contributed by atoms with Crippen molar-refractivity contribution in [3.63, 3.8) is 0 Å². The third kappa shape index (κ3) is 6.04. The molecule has 2 N–H and O–H groups in total. The molecule has 30 heavy (non-hydrogen) atoms. The molecule has 8 heteroatoms. The fourth-order valence-electron chi connectivity index (χ4n) is 3.54. The lowest BCUT2D eigenvalue weighted by molar-refractivity contribution is -0.0672. The zero-order valence-electron chi connectivity index (χ0n) is 17.6. The summed E-state index contributed by atoms with van der Waals surface area (Å²) in [6.07, 6.45) is 0.347. The maximum absolute atomic E-state index is 12.7. The van der Waals surface area contributed by atoms with Gasteiger partial charge in [-0.05, 0) is 51.1 Å². The maximum atomic E-state index is 12.7. The minimum absolute atomic E-state index is 0.0477. The first kappa shape index (κ1) is 22.3. The average molecular weight is 432 g/mol. The van der Waals surface area contributed by atoms with Crippen molar-refractivity contribution in [1.29, 1.82) is 0 Å². The minimum Gasteiger partial charge on any atom is -0.373 e. The number of ether oxygens (including phenoxy) is 1. The summed E-state index contributed by atoms with van der Waals surface area (Å²) in [5.74, 6) is -0.295. The van der Waals surface area contributed by atoms with Crippen molar-refractivity contribution < 1.29 is 17.9 Å². The summed E-state index contributed by atoms with van der Waals surface area (Å²) in [7, 11) is -3.78. The van der Waals surface area contributed by atoms with Crippen molar-refractivity contribution in [3.05, 3.63) is 59.7 Å². The van der Waals surface area contributed by atoms with Gasteiger partial charge in [0.2, 0.25) is 0 Å². The quantitative estimate of drug-likeness (QED) is 0.704. The molecule has 2 aromatic rings. The van der Waals surface area contributed by atoms with Crippen LogP contribution in [0.4, 0.5) is 5.69 Å². The number of morpholine rings is 1. The third-order valence-corrected chi connectivity index (χ3v) is 6.30. The second-order valence-corrected chi connectivity index (χ2v) is 9.45. The summed E-state index contributed by atoms with van der Waals surface area (Å²) in [6.45, 7) is 8.88. The molecule has 0 saturated carbocycles. The van der Waals surface area contributed by atoms with Gasteiger partial charge in [-0.2, -0.15) is 0 Å². The third-order valence-electron chi connectivity index (χ3n) is 4.92. The lowest BCUT2D eigenvalue weighted by atomic mass is 10.2. The van der Waals surface area contributed by atoms with Crippen LogP contribution in [-0.4, -0.2) is 57.6 Å². The lowest BCUT2D eigenvalue weighted by Crippen LogP contribution is -2.47. The zero-order valence-corrected chi connectivity index (χ0v) is 18.4. The Hall–Kier alpha value is -2.42. The highest BCUT2D eigenvalue weighted by Gasteiger charge is 2.22. The van der Waals surface area contributed by atoms with Crippen LogP contribution in [0.3, 0.4) is 0 Å². The van der Waals surface area contributed by atoms with E-state index in [9.17, 15) is 13.2 Å². The van der Waals surface area contributed by atoms with E-state index < -0.39 is 10.0 Å². The van der Waals surface area contributed by atoms with Gasteiger partial charge in [0.05, 0.1) is 17.1 Å². The Labute approximate surface area is 178 Å². The van der Waals surface area contributed by atoms with Gasteiger partial charge < -0.3 is 10.1 Å². The molecule has 0 radical (unpaired) electrons. The minimum atomic E-state index is -3.78. The monoisotopic (exact) mass is 431 g/mol. The molecule has 2 aromatic carbocycles. The van der Waals surface area contributed by atoms with Gasteiger partial charge in [0.15, 0.2) is 0 Å². The van der Waals surface area contributed by atoms with Gasteiger partial charge in [-0.25, -0.2) is 8.42 Å². The van der Waals surface area contributed by atoms with Crippen LogP contribution in [0.15, 0.2) is 53.4 Å². The predicted octanol–water partition coefficient (Wildman–Crippen LogP) is 2.63. The fourth-order valence-corrected chi connectivity index (χ4v) is 4.64. The molecule has 0 spiro atoms. The Kier molecular flexibility index (Phi) is 7.12. The van der Waals surface area contributed by atoms with E-state index in [0.717, 1.165) is 25.2 Å². The van der Waals surface area contributed by atoms with Crippen LogP contribution in [-0.2, 0) is 14.8 Å². The Balaban J connectivity index is 1.60. The Morgan fingerprint density at radius 1 is 1.10 bits per heavy atom. The molecule has 1 saturated heterocycles. The van der Waals surface area contributed by atoms with Gasteiger partial charge in [-0.1, -0.05) is 23.8 Å². The Bertz CT molecular complexity index is 966. The van der Waals surface area contributed by atoms with Crippen LogP contribution in [0.5, 0.6) is 0 Å². The van der Waals surface area contributed by atoms with Crippen molar-refractivity contribution in [1.82, 2.24) is 10.2 Å². The number of rotatable bonds is 7. The van der Waals surface area contributed by atoms with Crippen molar-refractivity contribution in [2.24, 2.45) is 0 Å². The summed E-state index contributed by atoms with van der Waals surface area (Å²) in [5.41, 5.74) is 1.83. The number of carbonyl (C=O) groups is 1. The summed E-state index contributed by atoms with van der Waals surface area (Å²) < 4.78 is 33.6. The van der Waals surface area contributed by atoms with Crippen LogP contribution in [0.25, 0.3) is 0 Å². The van der Waals surface area contributed by atoms with Gasteiger partial charge in [0.25, 0.3) is 15.9 Å². The van der Waals surface area contributed by atoms with Crippen LogP contribution < -0.4 is 10.0 Å². The topological polar surface area (TPSA) is 87.7 Å². The first-order chi connectivity index (χ1) is 14.2. The average Bonchev–Trinajstić information content (AvgIpc) is 2.69. The highest BCUT2D eigenvalue weighted by atomic mass is 32.2. The molecular formula is C22H29N3O4S. The lowest BCUT2D eigenvalue weighted by Gasteiger charge is -2.35. The van der Waals surface area contributed by atoms with Crippen molar-refractivity contribution >= 4 is 21.6 Å². The van der Waals surface area contributed by atoms with Crippen molar-refractivity contribution in [2.45, 2.75) is 37.9 Å². The predicted molar refractivity (Wildman–Crippen MR) is 117 cm³/mol. The van der Waals surface area contributed by atoms with Crippen molar-refractivity contribution in [2.75, 3.05) is 30.9 Å². The second-order valence-electron chi connectivity index (χ2n) is 7.77. The first-order valence-electron chi connectivity index (χ1n) is 10.1. The molecule has 1 heterocycles. The van der Waals surface area contributed by atoms with E-state index in [1.54, 1.807) is 24.3 Å². The molecule has 1 amide bonds. The Morgan fingerprint density at radius 3 is 2.43 bits per heavy atom. The highest BCUT2D eigenvalue weighted by molar-refractivity contribution is 7.92. The second kappa shape index (κ2) is 9.59. The van der Waals surface area contributed by atoms with Gasteiger partial charge in [0.1, 0.15) is 0 Å². The largest absolute Gasteiger partial charge is 0.373 e. The maximum Gasteiger partial charge on any atom is 0.261 e. The number of aryl methyl sites for hydroxylation is 1. The van der Waals surface area contributed by atoms with Gasteiger partial charge in [0, 0.05) is 37.4 Å². The van der Waals surface area contributed by atoms with E-state index in [4.69, 9.17) is 4.74 Å². The molecule has 7 nitrogen and oxygen atoms in total. The number of amides is 1. The number of nitrogens with one attached hydrogen (secondary N) is 2. The van der Waals surface area contributed by atoms with Gasteiger partial charge in [-0.3, -0.25) is 14.4 Å². The number of sulfonamides is 1. The number of anilines is 1. The summed E-state index contributed by atoms with van der Waals surface area (Å²) in [4.78, 5) is 14.8. The van der Waals surface area contributed by atoms with Gasteiger partial charge in [-0.15, -0.1) is 0 Å². The fraction of sp³-hybridized carbons (Fsp3) is 0.409. The van der Waals surface area contributed by atoms with Gasteiger partial charge >= 0.3 is 0 Å². The zero-order chi connectivity index (χ0) is 21.7. The SMILES string of the molecule is Cc1ccc(NS(=O)(=O)c2cccc(C(=O)NCCN3C[C@H](C)O[C@@H](C)C3)c2)cc1. The molecule has 1 fully saturated rings. The molecule has 0 unspecified atom stereocenters. The van der Waals surface area contributed by atoms with Crippen molar-refractivity contribution in [3.8, 4) is 0 Å². The van der Waals surface area contributed by atoms with Crippen LogP contribution in [0.1, 0.15) is 29.8 Å².